The van der Waals surface area contributed by atoms with Crippen molar-refractivity contribution in [1.82, 2.24) is 0 Å². The third-order valence-electron chi connectivity index (χ3n) is 4.72. The fourth-order valence-electron chi connectivity index (χ4n) is 3.06. The van der Waals surface area contributed by atoms with Crippen LogP contribution in [0.3, 0.4) is 0 Å². The van der Waals surface area contributed by atoms with Crippen LogP contribution in [0.5, 0.6) is 11.5 Å². The van der Waals surface area contributed by atoms with Gasteiger partial charge in [0, 0.05) is 11.0 Å². The molecule has 0 saturated carbocycles. The molecule has 1 N–H and O–H groups in total. The third-order valence-corrected chi connectivity index (χ3v) is 6.00. The lowest BCUT2D eigenvalue weighted by atomic mass is 10.0. The molecular formula is C25H26O4S. The molecule has 0 heterocycles. The highest BCUT2D eigenvalue weighted by Crippen LogP contribution is 2.34. The minimum absolute atomic E-state index is 0.156. The van der Waals surface area contributed by atoms with E-state index in [1.807, 2.05) is 54.6 Å². The molecule has 0 radical (unpaired) electrons. The van der Waals surface area contributed by atoms with Crippen molar-refractivity contribution in [3.8, 4) is 11.5 Å². The number of carboxylic acids is 1. The zero-order valence-electron chi connectivity index (χ0n) is 17.0. The zero-order chi connectivity index (χ0) is 21.2. The molecule has 0 amide bonds. The largest absolute Gasteiger partial charge is 0.497 e. The summed E-state index contributed by atoms with van der Waals surface area (Å²) in [5.41, 5.74) is 3.48. The maximum atomic E-state index is 10.9. The molecule has 4 nitrogen and oxygen atoms in total. The number of benzene rings is 3. The van der Waals surface area contributed by atoms with Gasteiger partial charge in [0.1, 0.15) is 18.1 Å². The number of hydrogen-bond acceptors (Lipinski definition) is 4. The average molecular weight is 423 g/mol. The van der Waals surface area contributed by atoms with Crippen LogP contribution in [0.15, 0.2) is 78.9 Å². The number of methoxy groups -OCH3 is 1. The quantitative estimate of drug-likeness (QED) is 0.425. The summed E-state index contributed by atoms with van der Waals surface area (Å²) < 4.78 is 11.1. The van der Waals surface area contributed by atoms with E-state index < -0.39 is 5.97 Å². The molecule has 0 aliphatic carbocycles. The van der Waals surface area contributed by atoms with Gasteiger partial charge in [-0.1, -0.05) is 54.6 Å². The summed E-state index contributed by atoms with van der Waals surface area (Å²) in [5, 5.41) is 9.15. The minimum Gasteiger partial charge on any atom is -0.497 e. The van der Waals surface area contributed by atoms with Crippen LogP contribution >= 0.6 is 11.8 Å². The van der Waals surface area contributed by atoms with Gasteiger partial charge in [-0.3, -0.25) is 4.79 Å². The molecule has 3 rings (SSSR count). The van der Waals surface area contributed by atoms with E-state index in [0.29, 0.717) is 12.4 Å². The molecule has 0 spiro atoms. The first-order chi connectivity index (χ1) is 14.6. The van der Waals surface area contributed by atoms with Gasteiger partial charge in [-0.25, -0.2) is 0 Å². The fraction of sp³-hybridized carbons (Fsp3) is 0.240. The van der Waals surface area contributed by atoms with Gasteiger partial charge >= 0.3 is 5.97 Å². The lowest BCUT2D eigenvalue weighted by Crippen LogP contribution is -2.03. The molecule has 156 valence electrons. The maximum Gasteiger partial charge on any atom is 0.304 e. The third kappa shape index (κ3) is 6.85. The maximum absolute atomic E-state index is 10.9. The van der Waals surface area contributed by atoms with Crippen molar-refractivity contribution in [1.29, 1.82) is 0 Å². The molecule has 0 aliphatic rings. The van der Waals surface area contributed by atoms with E-state index in [1.165, 1.54) is 5.56 Å². The molecule has 3 aromatic carbocycles. The predicted molar refractivity (Wildman–Crippen MR) is 121 cm³/mol. The van der Waals surface area contributed by atoms with Gasteiger partial charge in [0.25, 0.3) is 0 Å². The lowest BCUT2D eigenvalue weighted by Gasteiger charge is -2.18. The van der Waals surface area contributed by atoms with Crippen molar-refractivity contribution in [3.63, 3.8) is 0 Å². The van der Waals surface area contributed by atoms with Gasteiger partial charge in [-0.2, -0.15) is 11.8 Å². The molecule has 0 saturated heterocycles. The second-order valence-corrected chi connectivity index (χ2v) is 8.21. The molecule has 5 heteroatoms. The Balaban J connectivity index is 1.64. The predicted octanol–water partition coefficient (Wildman–Crippen LogP) is 5.77. The Morgan fingerprint density at radius 3 is 2.20 bits per heavy atom. The van der Waals surface area contributed by atoms with Crippen LogP contribution < -0.4 is 9.47 Å². The van der Waals surface area contributed by atoms with Crippen LogP contribution in [0.4, 0.5) is 0 Å². The molecule has 0 bridgehead atoms. The Morgan fingerprint density at radius 2 is 1.57 bits per heavy atom. The number of carbonyl (C=O) groups is 1. The van der Waals surface area contributed by atoms with Crippen molar-refractivity contribution >= 4 is 17.7 Å². The highest BCUT2D eigenvalue weighted by Gasteiger charge is 2.14. The fourth-order valence-corrected chi connectivity index (χ4v) is 4.29. The first kappa shape index (κ1) is 21.8. The molecule has 30 heavy (non-hydrogen) atoms. The van der Waals surface area contributed by atoms with Crippen molar-refractivity contribution in [2.75, 3.05) is 12.9 Å². The van der Waals surface area contributed by atoms with Gasteiger partial charge in [-0.05, 0) is 47.4 Å². The normalized spacial score (nSPS) is 11.6. The summed E-state index contributed by atoms with van der Waals surface area (Å²) in [4.78, 5) is 10.9. The second kappa shape index (κ2) is 11.3. The Hall–Kier alpha value is -2.92. The number of aliphatic carboxylic acids is 1. The van der Waals surface area contributed by atoms with E-state index in [2.05, 4.69) is 24.3 Å². The highest BCUT2D eigenvalue weighted by molar-refractivity contribution is 7.99. The van der Waals surface area contributed by atoms with Crippen LogP contribution in [0, 0.1) is 0 Å². The van der Waals surface area contributed by atoms with Crippen molar-refractivity contribution in [2.45, 2.75) is 24.7 Å². The molecular weight excluding hydrogens is 396 g/mol. The number of hydrogen-bond donors (Lipinski definition) is 1. The first-order valence-corrected chi connectivity index (χ1v) is 10.9. The number of carboxylic acid groups (broad SMARTS) is 1. The molecule has 0 fully saturated rings. The Bertz CT molecular complexity index is 908. The van der Waals surface area contributed by atoms with Crippen LogP contribution in [-0.2, 0) is 17.8 Å². The molecule has 0 aromatic heterocycles. The lowest BCUT2D eigenvalue weighted by molar-refractivity contribution is -0.136. The van der Waals surface area contributed by atoms with E-state index in [1.54, 1.807) is 18.9 Å². The topological polar surface area (TPSA) is 55.8 Å². The zero-order valence-corrected chi connectivity index (χ0v) is 17.8. The van der Waals surface area contributed by atoms with E-state index in [9.17, 15) is 4.79 Å². The first-order valence-electron chi connectivity index (χ1n) is 9.87. The van der Waals surface area contributed by atoms with Gasteiger partial charge in [0.2, 0.25) is 0 Å². The van der Waals surface area contributed by atoms with E-state index in [-0.39, 0.29) is 11.7 Å². The molecule has 0 aliphatic heterocycles. The Kier molecular flexibility index (Phi) is 8.21. The number of thioether (sulfide) groups is 1. The van der Waals surface area contributed by atoms with E-state index >= 15 is 0 Å². The van der Waals surface area contributed by atoms with Crippen molar-refractivity contribution < 1.29 is 19.4 Å². The summed E-state index contributed by atoms with van der Waals surface area (Å²) in [6.45, 7) is 0.541. The number of rotatable bonds is 11. The standard InChI is InChI=1S/C25H26O4S/c1-28-22-13-9-21(10-14-22)24(30-16-15-25(26)27)17-19-7-11-23(12-8-19)29-18-20-5-3-2-4-6-20/h2-14,24H,15-18H2,1H3,(H,26,27). The SMILES string of the molecule is COc1ccc(C(Cc2ccc(OCc3ccccc3)cc2)SCCC(=O)O)cc1. The summed E-state index contributed by atoms with van der Waals surface area (Å²) in [6, 6.07) is 26.2. The summed E-state index contributed by atoms with van der Waals surface area (Å²) >= 11 is 1.67. The molecule has 1 atom stereocenters. The van der Waals surface area contributed by atoms with E-state index in [0.717, 1.165) is 29.0 Å². The Labute approximate surface area is 181 Å². The number of ether oxygens (including phenoxy) is 2. The smallest absolute Gasteiger partial charge is 0.304 e. The van der Waals surface area contributed by atoms with Crippen LogP contribution in [0.25, 0.3) is 0 Å². The minimum atomic E-state index is -0.768. The molecule has 1 unspecified atom stereocenters. The van der Waals surface area contributed by atoms with Gasteiger partial charge in [0.05, 0.1) is 13.5 Å². The Morgan fingerprint density at radius 1 is 0.900 bits per heavy atom. The average Bonchev–Trinajstić information content (AvgIpc) is 2.78. The monoisotopic (exact) mass is 422 g/mol. The van der Waals surface area contributed by atoms with Gasteiger partial charge < -0.3 is 14.6 Å². The summed E-state index contributed by atoms with van der Waals surface area (Å²) in [7, 11) is 1.65. The van der Waals surface area contributed by atoms with Crippen molar-refractivity contribution in [3.05, 3.63) is 95.6 Å². The van der Waals surface area contributed by atoms with Gasteiger partial charge in [-0.15, -0.1) is 0 Å². The summed E-state index contributed by atoms with van der Waals surface area (Å²) in [5.74, 6) is 1.45. The van der Waals surface area contributed by atoms with Crippen LogP contribution in [0.1, 0.15) is 28.4 Å². The van der Waals surface area contributed by atoms with Crippen LogP contribution in [0.2, 0.25) is 0 Å². The van der Waals surface area contributed by atoms with Crippen molar-refractivity contribution in [2.24, 2.45) is 0 Å². The highest BCUT2D eigenvalue weighted by atomic mass is 32.2. The van der Waals surface area contributed by atoms with Gasteiger partial charge in [0.15, 0.2) is 0 Å². The second-order valence-electron chi connectivity index (χ2n) is 6.90. The summed E-state index contributed by atoms with van der Waals surface area (Å²) in [6.07, 6.45) is 0.971. The molecule has 3 aromatic rings. The van der Waals surface area contributed by atoms with E-state index in [4.69, 9.17) is 14.6 Å². The van der Waals surface area contributed by atoms with Crippen LogP contribution in [-0.4, -0.2) is 23.9 Å².